The molecule has 1 amide bonds. The van der Waals surface area contributed by atoms with Crippen LogP contribution in [0.15, 0.2) is 31.0 Å². The number of amides is 1. The summed E-state index contributed by atoms with van der Waals surface area (Å²) >= 11 is 0. The van der Waals surface area contributed by atoms with Crippen LogP contribution in [0.5, 0.6) is 0 Å². The number of nitrogens with one attached hydrogen (secondary N) is 1. The number of imidazole rings is 1. The molecule has 1 fully saturated rings. The first-order valence-corrected chi connectivity index (χ1v) is 6.16. The van der Waals surface area contributed by atoms with Crippen LogP contribution < -0.4 is 5.32 Å². The van der Waals surface area contributed by atoms with E-state index in [1.807, 2.05) is 0 Å². The fourth-order valence-electron chi connectivity index (χ4n) is 2.00. The number of piperazine rings is 1. The molecule has 0 aliphatic carbocycles. The van der Waals surface area contributed by atoms with Gasteiger partial charge in [-0.2, -0.15) is 0 Å². The fraction of sp³-hybridized carbons (Fsp3) is 0.333. The standard InChI is InChI=1S/C12H14N6O/c19-11(17-6-3-13-4-7-17)10-1-2-15-12(16-10)18-8-5-14-9-18/h1-2,5,8-9,13H,3-4,6-7H2. The van der Waals surface area contributed by atoms with Crippen LogP contribution in [0.4, 0.5) is 0 Å². The Hall–Kier alpha value is -2.28. The van der Waals surface area contributed by atoms with Gasteiger partial charge >= 0.3 is 0 Å². The molecule has 3 rings (SSSR count). The summed E-state index contributed by atoms with van der Waals surface area (Å²) in [6, 6.07) is 1.64. The molecule has 7 heteroatoms. The molecule has 1 aliphatic rings. The summed E-state index contributed by atoms with van der Waals surface area (Å²) in [6.45, 7) is 3.07. The second-order valence-electron chi connectivity index (χ2n) is 4.25. The van der Waals surface area contributed by atoms with Crippen LogP contribution in [0, 0.1) is 0 Å². The second kappa shape index (κ2) is 5.15. The minimum absolute atomic E-state index is 0.0507. The first-order valence-electron chi connectivity index (χ1n) is 6.16. The topological polar surface area (TPSA) is 75.9 Å². The molecule has 2 aromatic rings. The van der Waals surface area contributed by atoms with E-state index < -0.39 is 0 Å². The summed E-state index contributed by atoms with van der Waals surface area (Å²) in [4.78, 5) is 26.5. The average molecular weight is 258 g/mol. The smallest absolute Gasteiger partial charge is 0.272 e. The van der Waals surface area contributed by atoms with Gasteiger partial charge in [0.15, 0.2) is 0 Å². The molecule has 0 unspecified atom stereocenters. The highest BCUT2D eigenvalue weighted by atomic mass is 16.2. The van der Waals surface area contributed by atoms with Crippen molar-refractivity contribution in [3.05, 3.63) is 36.7 Å². The van der Waals surface area contributed by atoms with Gasteiger partial charge in [-0.05, 0) is 6.07 Å². The third kappa shape index (κ3) is 2.45. The Morgan fingerprint density at radius 2 is 2.11 bits per heavy atom. The lowest BCUT2D eigenvalue weighted by molar-refractivity contribution is 0.0729. The molecule has 98 valence electrons. The van der Waals surface area contributed by atoms with Gasteiger partial charge in [0, 0.05) is 44.8 Å². The Balaban J connectivity index is 1.84. The van der Waals surface area contributed by atoms with E-state index in [9.17, 15) is 4.79 Å². The first-order chi connectivity index (χ1) is 9.34. The van der Waals surface area contributed by atoms with Gasteiger partial charge in [-0.25, -0.2) is 15.0 Å². The number of nitrogens with zero attached hydrogens (tertiary/aromatic N) is 5. The molecular formula is C12H14N6O. The summed E-state index contributed by atoms with van der Waals surface area (Å²) in [5.41, 5.74) is 0.417. The Morgan fingerprint density at radius 3 is 2.84 bits per heavy atom. The van der Waals surface area contributed by atoms with Gasteiger partial charge in [-0.15, -0.1) is 0 Å². The van der Waals surface area contributed by atoms with Crippen LogP contribution in [0.1, 0.15) is 10.5 Å². The lowest BCUT2D eigenvalue weighted by Crippen LogP contribution is -2.46. The fourth-order valence-corrected chi connectivity index (χ4v) is 2.00. The van der Waals surface area contributed by atoms with E-state index in [4.69, 9.17) is 0 Å². The zero-order valence-electron chi connectivity index (χ0n) is 10.4. The minimum atomic E-state index is -0.0507. The second-order valence-corrected chi connectivity index (χ2v) is 4.25. The number of carbonyl (C=O) groups is 1. The molecule has 0 bridgehead atoms. The Labute approximate surface area is 110 Å². The number of rotatable bonds is 2. The lowest BCUT2D eigenvalue weighted by atomic mass is 10.3. The van der Waals surface area contributed by atoms with E-state index in [1.165, 1.54) is 0 Å². The van der Waals surface area contributed by atoms with Crippen molar-refractivity contribution in [2.24, 2.45) is 0 Å². The molecule has 1 saturated heterocycles. The lowest BCUT2D eigenvalue weighted by Gasteiger charge is -2.27. The van der Waals surface area contributed by atoms with Crippen molar-refractivity contribution in [3.8, 4) is 5.95 Å². The van der Waals surface area contributed by atoms with Crippen molar-refractivity contribution in [2.75, 3.05) is 26.2 Å². The molecular weight excluding hydrogens is 244 g/mol. The Kier molecular flexibility index (Phi) is 3.20. The SMILES string of the molecule is O=C(c1ccnc(-n2ccnc2)n1)N1CCNCC1. The molecule has 0 spiro atoms. The predicted octanol–water partition coefficient (Wildman–Crippen LogP) is -0.292. The van der Waals surface area contributed by atoms with Gasteiger partial charge in [0.2, 0.25) is 5.95 Å². The molecule has 1 aliphatic heterocycles. The average Bonchev–Trinajstić information content (AvgIpc) is 3.02. The van der Waals surface area contributed by atoms with E-state index >= 15 is 0 Å². The third-order valence-electron chi connectivity index (χ3n) is 3.00. The highest BCUT2D eigenvalue weighted by Crippen LogP contribution is 2.06. The number of hydrogen-bond donors (Lipinski definition) is 1. The van der Waals surface area contributed by atoms with Gasteiger partial charge in [-0.3, -0.25) is 9.36 Å². The highest BCUT2D eigenvalue weighted by molar-refractivity contribution is 5.92. The quantitative estimate of drug-likeness (QED) is 0.801. The van der Waals surface area contributed by atoms with Gasteiger partial charge in [0.25, 0.3) is 5.91 Å². The van der Waals surface area contributed by atoms with Crippen LogP contribution >= 0.6 is 0 Å². The maximum absolute atomic E-state index is 12.3. The zero-order valence-corrected chi connectivity index (χ0v) is 10.4. The van der Waals surface area contributed by atoms with E-state index in [-0.39, 0.29) is 5.91 Å². The van der Waals surface area contributed by atoms with E-state index in [1.54, 1.807) is 40.5 Å². The van der Waals surface area contributed by atoms with E-state index in [0.29, 0.717) is 24.7 Å². The largest absolute Gasteiger partial charge is 0.335 e. The molecule has 0 radical (unpaired) electrons. The minimum Gasteiger partial charge on any atom is -0.335 e. The summed E-state index contributed by atoms with van der Waals surface area (Å²) < 4.78 is 1.68. The van der Waals surface area contributed by atoms with Gasteiger partial charge in [0.1, 0.15) is 12.0 Å². The summed E-state index contributed by atoms with van der Waals surface area (Å²) in [6.07, 6.45) is 6.59. The van der Waals surface area contributed by atoms with E-state index in [2.05, 4.69) is 20.3 Å². The molecule has 2 aromatic heterocycles. The van der Waals surface area contributed by atoms with Crippen LogP contribution in [-0.2, 0) is 0 Å². The molecule has 0 aromatic carbocycles. The van der Waals surface area contributed by atoms with Crippen molar-refractivity contribution in [1.29, 1.82) is 0 Å². The number of aromatic nitrogens is 4. The van der Waals surface area contributed by atoms with Crippen molar-refractivity contribution in [3.63, 3.8) is 0 Å². The van der Waals surface area contributed by atoms with Crippen molar-refractivity contribution in [2.45, 2.75) is 0 Å². The first kappa shape index (κ1) is 11.8. The monoisotopic (exact) mass is 258 g/mol. The number of hydrogen-bond acceptors (Lipinski definition) is 5. The van der Waals surface area contributed by atoms with Gasteiger partial charge in [-0.1, -0.05) is 0 Å². The molecule has 19 heavy (non-hydrogen) atoms. The summed E-state index contributed by atoms with van der Waals surface area (Å²) in [7, 11) is 0. The highest BCUT2D eigenvalue weighted by Gasteiger charge is 2.19. The molecule has 0 atom stereocenters. The molecule has 3 heterocycles. The Morgan fingerprint density at radius 1 is 1.26 bits per heavy atom. The maximum atomic E-state index is 12.3. The zero-order chi connectivity index (χ0) is 13.1. The van der Waals surface area contributed by atoms with Crippen LogP contribution in [0.3, 0.4) is 0 Å². The van der Waals surface area contributed by atoms with Crippen molar-refractivity contribution >= 4 is 5.91 Å². The molecule has 1 N–H and O–H groups in total. The summed E-state index contributed by atoms with van der Waals surface area (Å²) in [5.74, 6) is 0.406. The van der Waals surface area contributed by atoms with Crippen LogP contribution in [0.2, 0.25) is 0 Å². The van der Waals surface area contributed by atoms with Crippen LogP contribution in [0.25, 0.3) is 5.95 Å². The molecule has 0 saturated carbocycles. The normalized spacial score (nSPS) is 15.5. The number of carbonyl (C=O) groups excluding carboxylic acids is 1. The van der Waals surface area contributed by atoms with Gasteiger partial charge in [0.05, 0.1) is 0 Å². The predicted molar refractivity (Wildman–Crippen MR) is 67.9 cm³/mol. The maximum Gasteiger partial charge on any atom is 0.272 e. The van der Waals surface area contributed by atoms with Crippen molar-refractivity contribution < 1.29 is 4.79 Å². The van der Waals surface area contributed by atoms with Gasteiger partial charge < -0.3 is 10.2 Å². The van der Waals surface area contributed by atoms with E-state index in [0.717, 1.165) is 13.1 Å². The third-order valence-corrected chi connectivity index (χ3v) is 3.00. The summed E-state index contributed by atoms with van der Waals surface area (Å²) in [5, 5.41) is 3.22. The molecule has 7 nitrogen and oxygen atoms in total. The van der Waals surface area contributed by atoms with Crippen LogP contribution in [-0.4, -0.2) is 56.5 Å². The Bertz CT molecular complexity index is 561. The van der Waals surface area contributed by atoms with Crippen molar-refractivity contribution in [1.82, 2.24) is 29.7 Å².